The minimum absolute atomic E-state index is 0.115. The zero-order chi connectivity index (χ0) is 24.7. The number of carbonyl (C=O) groups is 2. The average molecular weight is 466 g/mol. The first kappa shape index (κ1) is 24.1. The highest BCUT2D eigenvalue weighted by molar-refractivity contribution is 6.03. The van der Waals surface area contributed by atoms with Crippen molar-refractivity contribution in [3.63, 3.8) is 0 Å². The molecule has 0 atom stereocenters. The van der Waals surface area contributed by atoms with Crippen LogP contribution in [0.4, 0.5) is 5.82 Å². The van der Waals surface area contributed by atoms with Gasteiger partial charge in [-0.05, 0) is 17.7 Å². The number of carbonyl (C=O) groups excluding carboxylic acids is 2. The number of ether oxygens (including phenoxy) is 1. The third-order valence-electron chi connectivity index (χ3n) is 5.15. The number of amidine groups is 1. The predicted molar refractivity (Wildman–Crippen MR) is 128 cm³/mol. The van der Waals surface area contributed by atoms with E-state index in [1.165, 1.54) is 11.8 Å². The van der Waals surface area contributed by atoms with Crippen molar-refractivity contribution in [1.29, 1.82) is 0 Å². The molecule has 12 nitrogen and oxygen atoms in total. The Bertz CT molecular complexity index is 1200. The third kappa shape index (κ3) is 5.24. The summed E-state index contributed by atoms with van der Waals surface area (Å²) in [6.45, 7) is 0.573. The van der Waals surface area contributed by atoms with Gasteiger partial charge in [0.15, 0.2) is 0 Å². The fourth-order valence-electron chi connectivity index (χ4n) is 3.37. The van der Waals surface area contributed by atoms with Gasteiger partial charge in [-0.25, -0.2) is 10.5 Å². The third-order valence-corrected chi connectivity index (χ3v) is 5.15. The van der Waals surface area contributed by atoms with Crippen molar-refractivity contribution >= 4 is 23.5 Å². The van der Waals surface area contributed by atoms with E-state index in [0.717, 1.165) is 5.56 Å². The van der Waals surface area contributed by atoms with Crippen molar-refractivity contribution in [3.05, 3.63) is 65.2 Å². The first-order chi connectivity index (χ1) is 16.4. The molecule has 2 aromatic carbocycles. The Hall–Kier alpha value is -4.58. The van der Waals surface area contributed by atoms with Gasteiger partial charge in [0.2, 0.25) is 0 Å². The Balaban J connectivity index is 1.76. The van der Waals surface area contributed by atoms with E-state index in [-0.39, 0.29) is 23.8 Å². The summed E-state index contributed by atoms with van der Waals surface area (Å²) in [5.74, 6) is 10.6. The first-order valence-electron chi connectivity index (χ1n) is 10.3. The van der Waals surface area contributed by atoms with Crippen molar-refractivity contribution in [2.24, 2.45) is 22.5 Å². The maximum Gasteiger partial charge on any atom is 0.255 e. The van der Waals surface area contributed by atoms with Crippen LogP contribution in [-0.2, 0) is 13.1 Å². The number of primary amides is 1. The van der Waals surface area contributed by atoms with Crippen LogP contribution in [0.1, 0.15) is 32.7 Å². The maximum atomic E-state index is 12.5. The number of nitrogens with two attached hydrogens (primary N) is 4. The summed E-state index contributed by atoms with van der Waals surface area (Å²) in [6, 6.07) is 14.2. The molecule has 0 saturated heterocycles. The summed E-state index contributed by atoms with van der Waals surface area (Å²) in [5, 5.41) is 10.8. The number of nitrogen functional groups attached to an aromatic ring is 1. The predicted octanol–water partition coefficient (Wildman–Crippen LogP) is 0.295. The number of benzene rings is 2. The van der Waals surface area contributed by atoms with Crippen LogP contribution in [0.3, 0.4) is 0 Å². The number of hydrazone groups is 1. The number of rotatable bonds is 9. The molecule has 0 aliphatic heterocycles. The number of para-hydroxylation sites is 1. The minimum Gasteiger partial charge on any atom is -0.496 e. The lowest BCUT2D eigenvalue weighted by atomic mass is 10.0. The van der Waals surface area contributed by atoms with E-state index in [1.54, 1.807) is 36.4 Å². The van der Waals surface area contributed by atoms with Crippen LogP contribution in [0.5, 0.6) is 5.75 Å². The van der Waals surface area contributed by atoms with Crippen molar-refractivity contribution in [3.8, 4) is 17.0 Å². The molecule has 0 bridgehead atoms. The van der Waals surface area contributed by atoms with Crippen molar-refractivity contribution in [2.45, 2.75) is 19.5 Å². The van der Waals surface area contributed by atoms with Crippen LogP contribution in [-0.4, -0.2) is 34.5 Å². The Morgan fingerprint density at radius 2 is 1.85 bits per heavy atom. The van der Waals surface area contributed by atoms with Crippen LogP contribution in [0, 0.1) is 0 Å². The highest BCUT2D eigenvalue weighted by Gasteiger charge is 2.21. The molecule has 0 aliphatic rings. The van der Waals surface area contributed by atoms with E-state index in [9.17, 15) is 9.59 Å². The van der Waals surface area contributed by atoms with Gasteiger partial charge in [0.25, 0.3) is 11.8 Å². The number of nitrogens with one attached hydrogen (secondary N) is 2. The number of methoxy groups -OCH3 is 1. The molecule has 178 valence electrons. The molecule has 3 rings (SSSR count). The van der Waals surface area contributed by atoms with Crippen molar-refractivity contribution in [1.82, 2.24) is 20.5 Å². The normalized spacial score (nSPS) is 11.2. The quantitative estimate of drug-likeness (QED) is 0.112. The molecule has 0 fully saturated rings. The average Bonchev–Trinajstić information content (AvgIpc) is 3.19. The molecule has 0 aliphatic carbocycles. The zero-order valence-corrected chi connectivity index (χ0v) is 18.6. The van der Waals surface area contributed by atoms with Gasteiger partial charge in [0, 0.05) is 18.5 Å². The maximum absolute atomic E-state index is 12.5. The van der Waals surface area contributed by atoms with E-state index in [4.69, 9.17) is 27.9 Å². The summed E-state index contributed by atoms with van der Waals surface area (Å²) in [7, 11) is 1.51. The summed E-state index contributed by atoms with van der Waals surface area (Å²) in [4.78, 5) is 24.6. The highest BCUT2D eigenvalue weighted by atomic mass is 16.5. The van der Waals surface area contributed by atoms with Crippen LogP contribution in [0.2, 0.25) is 0 Å². The summed E-state index contributed by atoms with van der Waals surface area (Å²) >= 11 is 0. The van der Waals surface area contributed by atoms with Gasteiger partial charge in [-0.1, -0.05) is 36.4 Å². The second-order valence-corrected chi connectivity index (χ2v) is 7.25. The molecule has 0 saturated carbocycles. The van der Waals surface area contributed by atoms with Crippen LogP contribution in [0.15, 0.2) is 53.6 Å². The van der Waals surface area contributed by atoms with Gasteiger partial charge in [-0.3, -0.25) is 9.59 Å². The number of aromatic nitrogens is 2. The fraction of sp³-hybridized carbons (Fsp3) is 0.182. The minimum atomic E-state index is -0.698. The first-order valence-corrected chi connectivity index (χ1v) is 10.3. The second-order valence-electron chi connectivity index (χ2n) is 7.25. The molecule has 1 aromatic heterocycles. The number of aryl methyl sites for hydroxylation is 1. The van der Waals surface area contributed by atoms with Crippen LogP contribution in [0.25, 0.3) is 11.3 Å². The van der Waals surface area contributed by atoms with Gasteiger partial charge < -0.3 is 32.8 Å². The van der Waals surface area contributed by atoms with Gasteiger partial charge in [0.1, 0.15) is 28.7 Å². The lowest BCUT2D eigenvalue weighted by Crippen LogP contribution is -2.32. The van der Waals surface area contributed by atoms with Gasteiger partial charge in [-0.15, -0.1) is 0 Å². The molecular weight excluding hydrogens is 438 g/mol. The number of hydrazine groups is 1. The van der Waals surface area contributed by atoms with Crippen molar-refractivity contribution < 1.29 is 14.3 Å². The van der Waals surface area contributed by atoms with Crippen LogP contribution < -0.4 is 38.6 Å². The summed E-state index contributed by atoms with van der Waals surface area (Å²) < 4.78 is 6.67. The Labute approximate surface area is 195 Å². The molecule has 34 heavy (non-hydrogen) atoms. The van der Waals surface area contributed by atoms with E-state index in [0.29, 0.717) is 41.4 Å². The smallest absolute Gasteiger partial charge is 0.255 e. The zero-order valence-electron chi connectivity index (χ0n) is 18.6. The van der Waals surface area contributed by atoms with E-state index < -0.39 is 5.91 Å². The molecule has 3 aromatic rings. The number of amides is 2. The summed E-state index contributed by atoms with van der Waals surface area (Å²) in [6.07, 6.45) is 0.321. The van der Waals surface area contributed by atoms with Gasteiger partial charge in [-0.2, -0.15) is 10.2 Å². The Morgan fingerprint density at radius 1 is 1.15 bits per heavy atom. The topological polar surface area (TPSA) is 202 Å². The second kappa shape index (κ2) is 10.8. The molecule has 10 N–H and O–H groups in total. The molecule has 1 heterocycles. The standard InChI is InChI=1S/C22H27N9O3/c1-34-16-5-3-2-4-15(16)22(33)27-12-13-6-8-14(9-7-13)19-18(21(24)32)20(23)31(30-19)11-10-17(28-25)29-26/h2-9H,10-12,23,25-26H2,1H3,(H2,24,32)(H,27,33)(H,28,29). The molecule has 0 radical (unpaired) electrons. The number of hydrogen-bond donors (Lipinski definition) is 6. The molecule has 0 spiro atoms. The van der Waals surface area contributed by atoms with E-state index >= 15 is 0 Å². The monoisotopic (exact) mass is 465 g/mol. The van der Waals surface area contributed by atoms with Crippen LogP contribution >= 0.6 is 0 Å². The SMILES string of the molecule is COc1ccccc1C(=O)NCc1ccc(-c2nn(CC/C(=N/N)NN)c(N)c2C(N)=O)cc1. The number of anilines is 1. The summed E-state index contributed by atoms with van der Waals surface area (Å²) in [5.41, 5.74) is 16.5. The lowest BCUT2D eigenvalue weighted by molar-refractivity contribution is 0.0946. The Morgan fingerprint density at radius 3 is 2.47 bits per heavy atom. The molecular formula is C22H27N9O3. The molecule has 12 heteroatoms. The molecule has 2 amide bonds. The van der Waals surface area contributed by atoms with E-state index in [2.05, 4.69) is 20.9 Å². The van der Waals surface area contributed by atoms with Gasteiger partial charge >= 0.3 is 0 Å². The fourth-order valence-corrected chi connectivity index (χ4v) is 3.37. The highest BCUT2D eigenvalue weighted by Crippen LogP contribution is 2.27. The van der Waals surface area contributed by atoms with Crippen molar-refractivity contribution in [2.75, 3.05) is 12.8 Å². The Kier molecular flexibility index (Phi) is 7.67. The lowest BCUT2D eigenvalue weighted by Gasteiger charge is -2.09. The van der Waals surface area contributed by atoms with E-state index in [1.807, 2.05) is 12.1 Å². The largest absolute Gasteiger partial charge is 0.496 e. The molecule has 0 unspecified atom stereocenters. The number of hydrogen-bond acceptors (Lipinski definition) is 8. The number of nitrogens with zero attached hydrogens (tertiary/aromatic N) is 3. The van der Waals surface area contributed by atoms with Gasteiger partial charge in [0.05, 0.1) is 19.2 Å².